The van der Waals surface area contributed by atoms with Crippen molar-refractivity contribution in [1.29, 1.82) is 0 Å². The molecule has 0 aliphatic heterocycles. The number of benzene rings is 2. The Hall–Kier alpha value is -2.44. The van der Waals surface area contributed by atoms with Crippen LogP contribution in [0.1, 0.15) is 29.7 Å². The molecule has 1 amide bonds. The molecule has 132 valence electrons. The molecule has 3 N–H and O–H groups in total. The summed E-state index contributed by atoms with van der Waals surface area (Å²) in [5, 5.41) is 16.4. The molecule has 7 heteroatoms. The van der Waals surface area contributed by atoms with Gasteiger partial charge >= 0.3 is 0 Å². The van der Waals surface area contributed by atoms with Gasteiger partial charge in [0.2, 0.25) is 0 Å². The van der Waals surface area contributed by atoms with Gasteiger partial charge in [0, 0.05) is 16.7 Å². The number of hydrogen-bond acceptors (Lipinski definition) is 3. The average molecular weight is 363 g/mol. The Balaban J connectivity index is 2.04. The first-order chi connectivity index (χ1) is 11.8. The van der Waals surface area contributed by atoms with Crippen molar-refractivity contribution in [2.75, 3.05) is 11.9 Å². The van der Waals surface area contributed by atoms with Crippen LogP contribution in [0.2, 0.25) is 5.02 Å². The largest absolute Gasteiger partial charge is 0.333 e. The Morgan fingerprint density at radius 2 is 1.88 bits per heavy atom. The molecule has 2 aromatic rings. The third-order valence-electron chi connectivity index (χ3n) is 4.23. The minimum Gasteiger partial charge on any atom is -0.333 e. The van der Waals surface area contributed by atoms with Gasteiger partial charge in [-0.05, 0) is 44.0 Å². The van der Waals surface area contributed by atoms with Gasteiger partial charge < -0.3 is 10.6 Å². The van der Waals surface area contributed by atoms with Crippen molar-refractivity contribution in [3.8, 4) is 0 Å². The van der Waals surface area contributed by atoms with Crippen LogP contribution in [0.5, 0.6) is 0 Å². The first-order valence-electron chi connectivity index (χ1n) is 7.93. The highest BCUT2D eigenvalue weighted by Gasteiger charge is 2.20. The van der Waals surface area contributed by atoms with Crippen molar-refractivity contribution in [2.45, 2.75) is 26.8 Å². The number of rotatable bonds is 6. The molecule has 0 fully saturated rings. The first-order valence-corrected chi connectivity index (χ1v) is 8.30. The van der Waals surface area contributed by atoms with E-state index in [1.54, 1.807) is 25.1 Å². The molecule has 0 unspecified atom stereocenters. The number of nitrogens with two attached hydrogens (primary N) is 1. The van der Waals surface area contributed by atoms with Crippen molar-refractivity contribution in [1.82, 2.24) is 0 Å². The minimum atomic E-state index is -0.484. The smallest absolute Gasteiger partial charge is 0.293 e. The van der Waals surface area contributed by atoms with Crippen LogP contribution in [-0.2, 0) is 4.79 Å². The van der Waals surface area contributed by atoms with Crippen LogP contribution in [-0.4, -0.2) is 17.4 Å². The Morgan fingerprint density at radius 1 is 1.24 bits per heavy atom. The van der Waals surface area contributed by atoms with Gasteiger partial charge in [-0.1, -0.05) is 29.8 Å². The number of nitrogens with one attached hydrogen (secondary N) is 1. The van der Waals surface area contributed by atoms with E-state index < -0.39 is 4.92 Å². The molecule has 0 aliphatic carbocycles. The number of aryl methyl sites for hydroxylation is 1. The Morgan fingerprint density at radius 3 is 2.48 bits per heavy atom. The van der Waals surface area contributed by atoms with Gasteiger partial charge in [0.25, 0.3) is 11.6 Å². The zero-order valence-corrected chi connectivity index (χ0v) is 15.1. The maximum Gasteiger partial charge on any atom is 0.293 e. The highest BCUT2D eigenvalue weighted by molar-refractivity contribution is 6.30. The van der Waals surface area contributed by atoms with Crippen LogP contribution in [0.3, 0.4) is 0 Å². The molecule has 25 heavy (non-hydrogen) atoms. The van der Waals surface area contributed by atoms with Crippen LogP contribution in [0.15, 0.2) is 36.4 Å². The van der Waals surface area contributed by atoms with Crippen molar-refractivity contribution < 1.29 is 15.0 Å². The summed E-state index contributed by atoms with van der Waals surface area (Å²) >= 11 is 5.87. The second kappa shape index (κ2) is 8.09. The van der Waals surface area contributed by atoms with Crippen LogP contribution in [0, 0.1) is 24.0 Å². The van der Waals surface area contributed by atoms with Crippen molar-refractivity contribution >= 4 is 28.9 Å². The third-order valence-corrected chi connectivity index (χ3v) is 4.48. The van der Waals surface area contributed by atoms with E-state index in [9.17, 15) is 14.9 Å². The van der Waals surface area contributed by atoms with E-state index in [1.165, 1.54) is 6.07 Å². The molecule has 0 radical (unpaired) electrons. The number of carbonyl (C=O) groups excluding carboxylic acids is 1. The SMILES string of the molecule is Cc1ccc([N+](=O)[O-])c(NC(=O)C[NH2+][C@H](C)c2ccc(Cl)cc2)c1C. The number of nitro groups is 1. The number of halogens is 1. The monoisotopic (exact) mass is 362 g/mol. The van der Waals surface area contributed by atoms with E-state index in [-0.39, 0.29) is 29.9 Å². The molecule has 0 spiro atoms. The number of nitrogens with zero attached hydrogens (tertiary/aromatic N) is 1. The summed E-state index contributed by atoms with van der Waals surface area (Å²) in [6, 6.07) is 10.6. The zero-order valence-electron chi connectivity index (χ0n) is 14.4. The average Bonchev–Trinajstić information content (AvgIpc) is 2.57. The highest BCUT2D eigenvalue weighted by Crippen LogP contribution is 2.30. The topological polar surface area (TPSA) is 88.9 Å². The second-order valence-electron chi connectivity index (χ2n) is 5.99. The lowest BCUT2D eigenvalue weighted by atomic mass is 10.1. The third kappa shape index (κ3) is 4.78. The summed E-state index contributed by atoms with van der Waals surface area (Å²) < 4.78 is 0. The fraction of sp³-hybridized carbons (Fsp3) is 0.278. The van der Waals surface area contributed by atoms with Crippen LogP contribution >= 0.6 is 11.6 Å². The van der Waals surface area contributed by atoms with Crippen molar-refractivity contribution in [2.24, 2.45) is 0 Å². The number of quaternary nitrogens is 1. The van der Waals surface area contributed by atoms with Gasteiger partial charge in [0.1, 0.15) is 11.7 Å². The molecule has 6 nitrogen and oxygen atoms in total. The van der Waals surface area contributed by atoms with Crippen molar-refractivity contribution in [3.63, 3.8) is 0 Å². The van der Waals surface area contributed by atoms with E-state index >= 15 is 0 Å². The fourth-order valence-electron chi connectivity index (χ4n) is 2.49. The summed E-state index contributed by atoms with van der Waals surface area (Å²) in [7, 11) is 0. The van der Waals surface area contributed by atoms with Gasteiger partial charge in [-0.25, -0.2) is 0 Å². The van der Waals surface area contributed by atoms with Gasteiger partial charge in [-0.2, -0.15) is 0 Å². The van der Waals surface area contributed by atoms with E-state index in [0.717, 1.165) is 11.1 Å². The van der Waals surface area contributed by atoms with E-state index in [2.05, 4.69) is 5.32 Å². The Labute approximate surface area is 151 Å². The summed E-state index contributed by atoms with van der Waals surface area (Å²) in [5.74, 6) is -0.280. The highest BCUT2D eigenvalue weighted by atomic mass is 35.5. The molecule has 1 atom stereocenters. The summed E-state index contributed by atoms with van der Waals surface area (Å²) in [6.07, 6.45) is 0. The van der Waals surface area contributed by atoms with Gasteiger partial charge in [0.15, 0.2) is 6.54 Å². The van der Waals surface area contributed by atoms with Gasteiger partial charge in [0.05, 0.1) is 4.92 Å². The van der Waals surface area contributed by atoms with Crippen LogP contribution in [0.4, 0.5) is 11.4 Å². The molecule has 0 bridgehead atoms. The minimum absolute atomic E-state index is 0.0663. The maximum atomic E-state index is 12.3. The fourth-order valence-corrected chi connectivity index (χ4v) is 2.61. The Bertz CT molecular complexity index is 791. The van der Waals surface area contributed by atoms with E-state index in [1.807, 2.05) is 31.3 Å². The lowest BCUT2D eigenvalue weighted by molar-refractivity contribution is -0.682. The van der Waals surface area contributed by atoms with Gasteiger partial charge in [-0.15, -0.1) is 0 Å². The van der Waals surface area contributed by atoms with E-state index in [4.69, 9.17) is 11.6 Å². The van der Waals surface area contributed by atoms with Crippen LogP contribution < -0.4 is 10.6 Å². The summed E-state index contributed by atoms with van der Waals surface area (Å²) in [4.78, 5) is 23.0. The quantitative estimate of drug-likeness (QED) is 0.611. The molecule has 2 rings (SSSR count). The summed E-state index contributed by atoms with van der Waals surface area (Å²) in [5.41, 5.74) is 2.81. The molecule has 0 saturated heterocycles. The number of hydrogen-bond donors (Lipinski definition) is 2. The molecule has 0 aromatic heterocycles. The molecular formula is C18H21ClN3O3+. The normalized spacial score (nSPS) is 11.8. The first kappa shape index (κ1) is 18.9. The number of carbonyl (C=O) groups is 1. The maximum absolute atomic E-state index is 12.3. The number of nitro benzene ring substituents is 1. The van der Waals surface area contributed by atoms with Gasteiger partial charge in [-0.3, -0.25) is 14.9 Å². The predicted octanol–water partition coefficient (Wildman–Crippen LogP) is 3.13. The van der Waals surface area contributed by atoms with Crippen molar-refractivity contribution in [3.05, 3.63) is 68.2 Å². The summed E-state index contributed by atoms with van der Waals surface area (Å²) in [6.45, 7) is 5.76. The molecule has 0 aliphatic rings. The zero-order chi connectivity index (χ0) is 18.6. The Kier molecular flexibility index (Phi) is 6.12. The molecular weight excluding hydrogens is 342 g/mol. The standard InChI is InChI=1S/C18H20ClN3O3/c1-11-4-9-16(22(24)25)18(12(11)2)21-17(23)10-20-13(3)14-5-7-15(19)8-6-14/h4-9,13,20H,10H2,1-3H3,(H,21,23)/p+1/t13-/m1/s1. The van der Waals surface area contributed by atoms with Crippen LogP contribution in [0.25, 0.3) is 0 Å². The molecule has 0 saturated carbocycles. The second-order valence-corrected chi connectivity index (χ2v) is 6.42. The lowest BCUT2D eigenvalue weighted by Crippen LogP contribution is -2.86. The predicted molar refractivity (Wildman–Crippen MR) is 97.9 cm³/mol. The van der Waals surface area contributed by atoms with E-state index in [0.29, 0.717) is 10.6 Å². The molecule has 2 aromatic carbocycles. The number of anilines is 1. The molecule has 0 heterocycles. The lowest BCUT2D eigenvalue weighted by Gasteiger charge is -2.13. The number of amides is 1.